The summed E-state index contributed by atoms with van der Waals surface area (Å²) >= 11 is 0. The Bertz CT molecular complexity index is 442. The quantitative estimate of drug-likeness (QED) is 0.705. The van der Waals surface area contributed by atoms with Gasteiger partial charge in [0, 0.05) is 6.07 Å². The van der Waals surface area contributed by atoms with Crippen molar-refractivity contribution in [3.05, 3.63) is 29.6 Å². The van der Waals surface area contributed by atoms with Gasteiger partial charge in [-0.3, -0.25) is 0 Å². The van der Waals surface area contributed by atoms with E-state index in [1.807, 2.05) is 0 Å². The third kappa shape index (κ3) is 3.85. The second kappa shape index (κ2) is 5.39. The summed E-state index contributed by atoms with van der Waals surface area (Å²) in [6, 6.07) is 2.35. The van der Waals surface area contributed by atoms with Crippen molar-refractivity contribution in [3.8, 4) is 5.75 Å². The fraction of sp³-hybridized carbons (Fsp3) is 0.571. The average molecular weight is 276 g/mol. The van der Waals surface area contributed by atoms with Gasteiger partial charge in [-0.25, -0.2) is 4.39 Å². The van der Waals surface area contributed by atoms with Gasteiger partial charge in [-0.15, -0.1) is 0 Å². The van der Waals surface area contributed by atoms with Gasteiger partial charge in [0.05, 0.1) is 11.7 Å². The third-order valence-corrected chi connectivity index (χ3v) is 3.39. The first-order valence-electron chi connectivity index (χ1n) is 6.39. The molecular formula is C14H16F4O. The molecule has 1 aliphatic rings. The average Bonchev–Trinajstić information content (AvgIpc) is 2.26. The lowest BCUT2D eigenvalue weighted by molar-refractivity contribution is -0.137. The molecule has 0 spiro atoms. The van der Waals surface area contributed by atoms with Crippen molar-refractivity contribution < 1.29 is 22.3 Å². The molecule has 0 aliphatic heterocycles. The van der Waals surface area contributed by atoms with Crippen molar-refractivity contribution in [3.63, 3.8) is 0 Å². The summed E-state index contributed by atoms with van der Waals surface area (Å²) in [5.41, 5.74) is -1.01. The van der Waals surface area contributed by atoms with E-state index in [0.717, 1.165) is 37.8 Å². The number of alkyl halides is 3. The minimum Gasteiger partial charge on any atom is -0.490 e. The highest BCUT2D eigenvalue weighted by Crippen LogP contribution is 2.34. The molecule has 1 saturated carbocycles. The molecule has 106 valence electrons. The first-order chi connectivity index (χ1) is 8.84. The summed E-state index contributed by atoms with van der Waals surface area (Å²) in [5, 5.41) is 0. The maximum absolute atomic E-state index is 13.2. The van der Waals surface area contributed by atoms with Crippen molar-refractivity contribution in [1.29, 1.82) is 0 Å². The second-order valence-corrected chi connectivity index (χ2v) is 5.19. The van der Waals surface area contributed by atoms with Crippen LogP contribution in [-0.4, -0.2) is 6.10 Å². The molecule has 19 heavy (non-hydrogen) atoms. The van der Waals surface area contributed by atoms with Gasteiger partial charge in [0.1, 0.15) is 11.6 Å². The van der Waals surface area contributed by atoms with E-state index in [2.05, 4.69) is 6.92 Å². The Morgan fingerprint density at radius 1 is 1.16 bits per heavy atom. The highest BCUT2D eigenvalue weighted by atomic mass is 19.4. The molecule has 2 atom stereocenters. The van der Waals surface area contributed by atoms with E-state index < -0.39 is 17.6 Å². The van der Waals surface area contributed by atoms with Crippen LogP contribution in [0.5, 0.6) is 5.75 Å². The summed E-state index contributed by atoms with van der Waals surface area (Å²) in [7, 11) is 0. The van der Waals surface area contributed by atoms with E-state index in [0.29, 0.717) is 12.0 Å². The van der Waals surface area contributed by atoms with Crippen LogP contribution in [0.3, 0.4) is 0 Å². The molecule has 1 aromatic rings. The molecule has 0 N–H and O–H groups in total. The van der Waals surface area contributed by atoms with Crippen molar-refractivity contribution in [2.24, 2.45) is 5.92 Å². The van der Waals surface area contributed by atoms with Gasteiger partial charge < -0.3 is 4.74 Å². The van der Waals surface area contributed by atoms with Gasteiger partial charge in [0.2, 0.25) is 0 Å². The predicted octanol–water partition coefficient (Wildman–Crippen LogP) is 4.80. The molecule has 1 aromatic carbocycles. The fourth-order valence-electron chi connectivity index (χ4n) is 2.47. The Kier molecular flexibility index (Phi) is 4.02. The van der Waals surface area contributed by atoms with Gasteiger partial charge in [-0.1, -0.05) is 13.3 Å². The smallest absolute Gasteiger partial charge is 0.416 e. The Labute approximate surface area is 109 Å². The molecule has 0 amide bonds. The highest BCUT2D eigenvalue weighted by Gasteiger charge is 2.32. The number of ether oxygens (including phenoxy) is 1. The van der Waals surface area contributed by atoms with Crippen LogP contribution in [0.25, 0.3) is 0 Å². The molecule has 0 radical (unpaired) electrons. The van der Waals surface area contributed by atoms with Crippen LogP contribution in [0.1, 0.15) is 38.2 Å². The molecule has 0 aromatic heterocycles. The van der Waals surface area contributed by atoms with Crippen LogP contribution in [0.15, 0.2) is 18.2 Å². The zero-order valence-electron chi connectivity index (χ0n) is 10.6. The number of hydrogen-bond acceptors (Lipinski definition) is 1. The van der Waals surface area contributed by atoms with Gasteiger partial charge >= 0.3 is 6.18 Å². The highest BCUT2D eigenvalue weighted by molar-refractivity contribution is 5.31. The zero-order valence-corrected chi connectivity index (χ0v) is 10.6. The van der Waals surface area contributed by atoms with Crippen LogP contribution in [0.4, 0.5) is 17.6 Å². The Balaban J connectivity index is 2.14. The molecular weight excluding hydrogens is 260 g/mol. The van der Waals surface area contributed by atoms with Gasteiger partial charge in [-0.05, 0) is 37.3 Å². The molecule has 1 fully saturated rings. The Hall–Kier alpha value is -1.26. The number of rotatable bonds is 2. The molecule has 1 nitrogen and oxygen atoms in total. The minimum absolute atomic E-state index is 0.0357. The summed E-state index contributed by atoms with van der Waals surface area (Å²) in [5.74, 6) is -0.463. The Morgan fingerprint density at radius 3 is 2.53 bits per heavy atom. The molecule has 2 rings (SSSR count). The van der Waals surface area contributed by atoms with Crippen molar-refractivity contribution in [2.45, 2.75) is 44.9 Å². The van der Waals surface area contributed by atoms with E-state index in [4.69, 9.17) is 4.74 Å². The van der Waals surface area contributed by atoms with E-state index in [1.54, 1.807) is 0 Å². The van der Waals surface area contributed by atoms with Gasteiger partial charge in [0.25, 0.3) is 0 Å². The summed E-state index contributed by atoms with van der Waals surface area (Å²) in [6.45, 7) is 2.09. The molecule has 0 saturated heterocycles. The number of halogens is 4. The summed E-state index contributed by atoms with van der Waals surface area (Å²) in [6.07, 6.45) is -0.962. The Morgan fingerprint density at radius 2 is 1.89 bits per heavy atom. The predicted molar refractivity (Wildman–Crippen MR) is 63.5 cm³/mol. The first kappa shape index (κ1) is 14.2. The van der Waals surface area contributed by atoms with Crippen LogP contribution in [0, 0.1) is 11.7 Å². The number of hydrogen-bond donors (Lipinski definition) is 0. The van der Waals surface area contributed by atoms with E-state index in [9.17, 15) is 17.6 Å². The molecule has 0 bridgehead atoms. The topological polar surface area (TPSA) is 9.23 Å². The fourth-order valence-corrected chi connectivity index (χ4v) is 2.47. The minimum atomic E-state index is -4.56. The summed E-state index contributed by atoms with van der Waals surface area (Å²) in [4.78, 5) is 0. The molecule has 0 heterocycles. The molecule has 5 heteroatoms. The first-order valence-corrected chi connectivity index (χ1v) is 6.39. The van der Waals surface area contributed by atoms with E-state index in [1.165, 1.54) is 0 Å². The molecule has 2 unspecified atom stereocenters. The van der Waals surface area contributed by atoms with Gasteiger partial charge in [0.15, 0.2) is 0 Å². The zero-order chi connectivity index (χ0) is 14.0. The van der Waals surface area contributed by atoms with E-state index in [-0.39, 0.29) is 11.9 Å². The second-order valence-electron chi connectivity index (χ2n) is 5.19. The monoisotopic (exact) mass is 276 g/mol. The lowest BCUT2D eigenvalue weighted by atomic mass is 9.89. The standard InChI is InChI=1S/C14H16F4O/c1-9-3-2-4-12(5-9)19-13-7-10(14(16,17)18)6-11(15)8-13/h6-9,12H,2-5H2,1H3. The maximum Gasteiger partial charge on any atom is 0.416 e. The van der Waals surface area contributed by atoms with Gasteiger partial charge in [-0.2, -0.15) is 13.2 Å². The van der Waals surface area contributed by atoms with Crippen molar-refractivity contribution >= 4 is 0 Å². The van der Waals surface area contributed by atoms with Crippen molar-refractivity contribution in [1.82, 2.24) is 0 Å². The van der Waals surface area contributed by atoms with Crippen LogP contribution in [-0.2, 0) is 6.18 Å². The normalized spacial score (nSPS) is 24.3. The number of benzene rings is 1. The lowest BCUT2D eigenvalue weighted by Gasteiger charge is -2.27. The molecule has 1 aliphatic carbocycles. The largest absolute Gasteiger partial charge is 0.490 e. The summed E-state index contributed by atoms with van der Waals surface area (Å²) < 4.78 is 56.4. The van der Waals surface area contributed by atoms with Crippen molar-refractivity contribution in [2.75, 3.05) is 0 Å². The van der Waals surface area contributed by atoms with Crippen LogP contribution >= 0.6 is 0 Å². The van der Waals surface area contributed by atoms with Crippen LogP contribution in [0.2, 0.25) is 0 Å². The van der Waals surface area contributed by atoms with E-state index >= 15 is 0 Å². The third-order valence-electron chi connectivity index (χ3n) is 3.39. The lowest BCUT2D eigenvalue weighted by Crippen LogP contribution is -2.24. The SMILES string of the molecule is CC1CCCC(Oc2cc(F)cc(C(F)(F)F)c2)C1. The van der Waals surface area contributed by atoms with Crippen LogP contribution < -0.4 is 4.74 Å². The maximum atomic E-state index is 13.2.